The zero-order valence-corrected chi connectivity index (χ0v) is 8.61. The Hall–Kier alpha value is -1.76. The normalized spacial score (nSPS) is 11.3. The largest absolute Gasteiger partial charge is 0.377 e. The van der Waals surface area contributed by atoms with E-state index in [0.717, 1.165) is 5.56 Å². The molecule has 0 heterocycles. The van der Waals surface area contributed by atoms with E-state index >= 15 is 0 Å². The van der Waals surface area contributed by atoms with Gasteiger partial charge in [-0.3, -0.25) is 10.1 Å². The van der Waals surface area contributed by atoms with Crippen molar-refractivity contribution in [2.45, 2.75) is 5.75 Å². The molecule has 0 aliphatic rings. The average molecular weight is 226 g/mol. The highest BCUT2D eigenvalue weighted by Gasteiger charge is 2.05. The molecular weight excluding hydrogens is 216 g/mol. The van der Waals surface area contributed by atoms with Gasteiger partial charge in [-0.2, -0.15) is 5.10 Å². The van der Waals surface area contributed by atoms with Gasteiger partial charge in [0.25, 0.3) is 5.69 Å². The summed E-state index contributed by atoms with van der Waals surface area (Å²) < 4.78 is 0. The molecule has 80 valence electrons. The molecule has 0 unspecified atom stereocenters. The van der Waals surface area contributed by atoms with Crippen molar-refractivity contribution in [3.05, 3.63) is 39.9 Å². The second-order valence-corrected chi connectivity index (χ2v) is 3.68. The van der Waals surface area contributed by atoms with Gasteiger partial charge in [0.05, 0.1) is 4.92 Å². The molecule has 0 aromatic heterocycles. The summed E-state index contributed by atoms with van der Waals surface area (Å²) in [7, 11) is 0. The molecular formula is C8H10N4O2S. The predicted molar refractivity (Wildman–Crippen MR) is 60.2 cm³/mol. The molecule has 0 aliphatic carbocycles. The molecule has 0 atom stereocenters. The Morgan fingerprint density at radius 1 is 1.60 bits per heavy atom. The van der Waals surface area contributed by atoms with Gasteiger partial charge in [-0.25, -0.2) is 0 Å². The van der Waals surface area contributed by atoms with Crippen molar-refractivity contribution >= 4 is 22.6 Å². The number of hydrogen-bond acceptors (Lipinski definition) is 5. The molecule has 4 N–H and O–H groups in total. The lowest BCUT2D eigenvalue weighted by atomic mass is 10.2. The molecule has 0 saturated heterocycles. The summed E-state index contributed by atoms with van der Waals surface area (Å²) in [5.41, 5.74) is 6.25. The number of non-ortho nitro benzene ring substituents is 1. The number of hydrogen-bond donors (Lipinski definition) is 2. The number of nitrogens with zero attached hydrogens (tertiary/aromatic N) is 2. The van der Waals surface area contributed by atoms with E-state index in [0.29, 0.717) is 5.75 Å². The molecule has 15 heavy (non-hydrogen) atoms. The van der Waals surface area contributed by atoms with Gasteiger partial charge in [0, 0.05) is 17.9 Å². The number of nitro groups is 1. The van der Waals surface area contributed by atoms with Crippen LogP contribution in [0.25, 0.3) is 0 Å². The first-order valence-corrected chi connectivity index (χ1v) is 5.01. The van der Waals surface area contributed by atoms with Crippen molar-refractivity contribution in [2.75, 3.05) is 0 Å². The smallest absolute Gasteiger partial charge is 0.269 e. The minimum Gasteiger partial charge on any atom is -0.377 e. The van der Waals surface area contributed by atoms with Crippen LogP contribution >= 0.6 is 11.8 Å². The van der Waals surface area contributed by atoms with Gasteiger partial charge in [0.1, 0.15) is 0 Å². The van der Waals surface area contributed by atoms with Crippen LogP contribution < -0.4 is 11.6 Å². The molecule has 0 amide bonds. The van der Waals surface area contributed by atoms with Crippen LogP contribution in [0.5, 0.6) is 0 Å². The Morgan fingerprint density at radius 3 is 2.93 bits per heavy atom. The molecule has 0 spiro atoms. The Bertz CT molecular complexity index is 394. The number of thioether (sulfide) groups is 1. The van der Waals surface area contributed by atoms with Crippen molar-refractivity contribution in [3.8, 4) is 0 Å². The van der Waals surface area contributed by atoms with Crippen LogP contribution in [0.3, 0.4) is 0 Å². The minimum absolute atomic E-state index is 0.0661. The van der Waals surface area contributed by atoms with Crippen LogP contribution in [-0.2, 0) is 5.75 Å². The molecule has 6 nitrogen and oxygen atoms in total. The monoisotopic (exact) mass is 226 g/mol. The standard InChI is InChI=1S/C8H10N4O2S/c9-8(11-10)15-5-6-2-1-3-7(4-6)12(13)14/h1-4H,5,10H2,(H2,9,11). The third-order valence-corrected chi connectivity index (χ3v) is 2.51. The Balaban J connectivity index is 2.70. The maximum atomic E-state index is 10.5. The van der Waals surface area contributed by atoms with Gasteiger partial charge in [0.2, 0.25) is 0 Å². The highest BCUT2D eigenvalue weighted by atomic mass is 32.2. The summed E-state index contributed by atoms with van der Waals surface area (Å²) in [6, 6.07) is 6.35. The molecule has 1 rings (SSSR count). The van der Waals surface area contributed by atoms with E-state index in [4.69, 9.17) is 11.6 Å². The second kappa shape index (κ2) is 5.20. The van der Waals surface area contributed by atoms with Gasteiger partial charge >= 0.3 is 0 Å². The maximum Gasteiger partial charge on any atom is 0.269 e. The van der Waals surface area contributed by atoms with Gasteiger partial charge in [-0.05, 0) is 5.56 Å². The van der Waals surface area contributed by atoms with E-state index in [1.165, 1.54) is 23.9 Å². The van der Waals surface area contributed by atoms with Gasteiger partial charge in [-0.1, -0.05) is 23.9 Å². The number of benzene rings is 1. The van der Waals surface area contributed by atoms with Crippen LogP contribution in [0, 0.1) is 10.1 Å². The van der Waals surface area contributed by atoms with Crippen molar-refractivity contribution < 1.29 is 4.92 Å². The van der Waals surface area contributed by atoms with Crippen LogP contribution in [0.15, 0.2) is 29.4 Å². The summed E-state index contributed by atoms with van der Waals surface area (Å²) in [6.07, 6.45) is 0. The van der Waals surface area contributed by atoms with Crippen LogP contribution in [0.1, 0.15) is 5.56 Å². The predicted octanol–water partition coefficient (Wildman–Crippen LogP) is 1.02. The van der Waals surface area contributed by atoms with Crippen LogP contribution in [-0.4, -0.2) is 10.1 Å². The molecule has 0 aliphatic heterocycles. The second-order valence-electron chi connectivity index (χ2n) is 2.68. The molecule has 0 bridgehead atoms. The topological polar surface area (TPSA) is 108 Å². The number of nitro benzene ring substituents is 1. The van der Waals surface area contributed by atoms with Gasteiger partial charge in [0.15, 0.2) is 5.17 Å². The molecule has 0 saturated carbocycles. The van der Waals surface area contributed by atoms with Crippen molar-refractivity contribution in [1.82, 2.24) is 0 Å². The van der Waals surface area contributed by atoms with Crippen molar-refractivity contribution in [2.24, 2.45) is 16.7 Å². The van der Waals surface area contributed by atoms with E-state index in [1.807, 2.05) is 0 Å². The third-order valence-electron chi connectivity index (χ3n) is 1.64. The van der Waals surface area contributed by atoms with E-state index in [-0.39, 0.29) is 10.9 Å². The van der Waals surface area contributed by atoms with Crippen molar-refractivity contribution in [1.29, 1.82) is 0 Å². The lowest BCUT2D eigenvalue weighted by Gasteiger charge is -1.99. The summed E-state index contributed by atoms with van der Waals surface area (Å²) in [4.78, 5) is 10.0. The van der Waals surface area contributed by atoms with Crippen molar-refractivity contribution in [3.63, 3.8) is 0 Å². The van der Waals surface area contributed by atoms with E-state index in [2.05, 4.69) is 5.10 Å². The summed E-state index contributed by atoms with van der Waals surface area (Å²) >= 11 is 1.23. The summed E-state index contributed by atoms with van der Waals surface area (Å²) in [6.45, 7) is 0. The number of rotatable bonds is 3. The number of nitrogens with two attached hydrogens (primary N) is 2. The number of hydrazone groups is 1. The van der Waals surface area contributed by atoms with E-state index in [9.17, 15) is 10.1 Å². The lowest BCUT2D eigenvalue weighted by Crippen LogP contribution is -2.09. The first kappa shape index (κ1) is 11.3. The fraction of sp³-hybridized carbons (Fsp3) is 0.125. The minimum atomic E-state index is -0.436. The fourth-order valence-corrected chi connectivity index (χ4v) is 1.52. The van der Waals surface area contributed by atoms with Gasteiger partial charge < -0.3 is 11.6 Å². The maximum absolute atomic E-state index is 10.5. The van der Waals surface area contributed by atoms with Gasteiger partial charge in [-0.15, -0.1) is 0 Å². The Labute approximate surface area is 90.5 Å². The summed E-state index contributed by atoms with van der Waals surface area (Å²) in [5, 5.41) is 14.0. The zero-order chi connectivity index (χ0) is 11.3. The first-order valence-electron chi connectivity index (χ1n) is 4.03. The highest BCUT2D eigenvalue weighted by molar-refractivity contribution is 8.13. The zero-order valence-electron chi connectivity index (χ0n) is 7.79. The fourth-order valence-electron chi connectivity index (χ4n) is 0.954. The quantitative estimate of drug-likeness (QED) is 0.263. The highest BCUT2D eigenvalue weighted by Crippen LogP contribution is 2.17. The van der Waals surface area contributed by atoms with Crippen LogP contribution in [0.2, 0.25) is 0 Å². The Kier molecular flexibility index (Phi) is 3.92. The molecule has 7 heteroatoms. The molecule has 0 radical (unpaired) electrons. The average Bonchev–Trinajstić information content (AvgIpc) is 2.26. The van der Waals surface area contributed by atoms with Crippen LogP contribution in [0.4, 0.5) is 5.69 Å². The molecule has 1 aromatic rings. The third kappa shape index (κ3) is 3.47. The first-order chi connectivity index (χ1) is 7.13. The molecule has 0 fully saturated rings. The molecule has 1 aromatic carbocycles. The van der Waals surface area contributed by atoms with E-state index < -0.39 is 4.92 Å². The number of amidine groups is 1. The lowest BCUT2D eigenvalue weighted by molar-refractivity contribution is -0.384. The summed E-state index contributed by atoms with van der Waals surface area (Å²) in [5.74, 6) is 5.46. The SMILES string of the molecule is NN=C(N)SCc1cccc([N+](=O)[O-])c1. The Morgan fingerprint density at radius 2 is 2.33 bits per heavy atom. The van der Waals surface area contributed by atoms with E-state index in [1.54, 1.807) is 12.1 Å².